The zero-order chi connectivity index (χ0) is 13.7. The number of hydrogen-bond acceptors (Lipinski definition) is 5. The molecule has 3 N–H and O–H groups in total. The lowest BCUT2D eigenvalue weighted by molar-refractivity contribution is -0.385. The van der Waals surface area contributed by atoms with Crippen LogP contribution in [0.15, 0.2) is 18.2 Å². The number of carbonyl (C=O) groups is 2. The van der Waals surface area contributed by atoms with E-state index in [1.54, 1.807) is 0 Å². The van der Waals surface area contributed by atoms with Gasteiger partial charge in [-0.15, -0.1) is 0 Å². The smallest absolute Gasteiger partial charge is 0.335 e. The molecule has 1 rings (SSSR count). The van der Waals surface area contributed by atoms with Gasteiger partial charge in [0.15, 0.2) is 5.75 Å². The van der Waals surface area contributed by atoms with Crippen LogP contribution < -0.4 is 10.5 Å². The largest absolute Gasteiger partial charge is 0.486 e. The normalized spacial score (nSPS) is 9.78. The van der Waals surface area contributed by atoms with E-state index in [2.05, 4.69) is 0 Å². The summed E-state index contributed by atoms with van der Waals surface area (Å²) in [5, 5.41) is 19.4. The second kappa shape index (κ2) is 5.62. The van der Waals surface area contributed by atoms with Gasteiger partial charge in [0.25, 0.3) is 0 Å². The van der Waals surface area contributed by atoms with Gasteiger partial charge in [-0.25, -0.2) is 4.79 Å². The number of carboxylic acids is 1. The summed E-state index contributed by atoms with van der Waals surface area (Å²) >= 11 is 0. The molecule has 0 atom stereocenters. The van der Waals surface area contributed by atoms with Gasteiger partial charge in [-0.2, -0.15) is 0 Å². The van der Waals surface area contributed by atoms with Gasteiger partial charge in [0, 0.05) is 6.07 Å². The van der Waals surface area contributed by atoms with E-state index in [0.29, 0.717) is 0 Å². The molecule has 0 radical (unpaired) electrons. The minimum atomic E-state index is -1.28. The summed E-state index contributed by atoms with van der Waals surface area (Å²) in [5.74, 6) is -1.98. The first kappa shape index (κ1) is 13.4. The average molecular weight is 254 g/mol. The Morgan fingerprint density at radius 1 is 1.44 bits per heavy atom. The summed E-state index contributed by atoms with van der Waals surface area (Å²) in [6.07, 6.45) is -0.0855. The lowest BCUT2D eigenvalue weighted by Crippen LogP contribution is -2.15. The van der Waals surface area contributed by atoms with Crippen LogP contribution >= 0.6 is 0 Å². The molecule has 8 heteroatoms. The maximum absolute atomic E-state index is 10.7. The van der Waals surface area contributed by atoms with E-state index in [1.165, 1.54) is 12.1 Å². The van der Waals surface area contributed by atoms with Crippen molar-refractivity contribution < 1.29 is 24.4 Å². The third-order valence-electron chi connectivity index (χ3n) is 2.01. The Kier molecular flexibility index (Phi) is 4.19. The first-order chi connectivity index (χ1) is 8.41. The summed E-state index contributed by atoms with van der Waals surface area (Å²) in [6.45, 7) is -0.109. The van der Waals surface area contributed by atoms with Gasteiger partial charge in [0.1, 0.15) is 0 Å². The van der Waals surface area contributed by atoms with Crippen LogP contribution in [-0.4, -0.2) is 28.5 Å². The summed E-state index contributed by atoms with van der Waals surface area (Å²) < 4.78 is 5.01. The first-order valence-electron chi connectivity index (χ1n) is 4.84. The Morgan fingerprint density at radius 2 is 2.11 bits per heavy atom. The van der Waals surface area contributed by atoms with Crippen LogP contribution in [0.2, 0.25) is 0 Å². The standard InChI is InChI=1S/C10H10N2O6/c11-9(13)3-4-18-8-2-1-6(10(14)15)5-7(8)12(16)17/h1-2,5H,3-4H2,(H2,11,13)(H,14,15). The molecule has 1 amide bonds. The number of nitrogens with two attached hydrogens (primary N) is 1. The summed E-state index contributed by atoms with van der Waals surface area (Å²) in [6, 6.07) is 3.24. The van der Waals surface area contributed by atoms with Crippen LogP contribution in [0.4, 0.5) is 5.69 Å². The number of primary amides is 1. The van der Waals surface area contributed by atoms with Gasteiger partial charge in [-0.05, 0) is 12.1 Å². The molecule has 0 unspecified atom stereocenters. The van der Waals surface area contributed by atoms with E-state index in [9.17, 15) is 19.7 Å². The topological polar surface area (TPSA) is 133 Å². The van der Waals surface area contributed by atoms with Crippen LogP contribution in [0.25, 0.3) is 0 Å². The third kappa shape index (κ3) is 3.44. The Labute approximate surface area is 101 Å². The zero-order valence-electron chi connectivity index (χ0n) is 9.16. The second-order valence-electron chi connectivity index (χ2n) is 3.31. The molecule has 0 heterocycles. The average Bonchev–Trinajstić information content (AvgIpc) is 2.28. The molecule has 1 aromatic carbocycles. The van der Waals surface area contributed by atoms with Crippen molar-refractivity contribution in [3.05, 3.63) is 33.9 Å². The number of nitro benzene ring substituents is 1. The highest BCUT2D eigenvalue weighted by molar-refractivity contribution is 5.88. The Bertz CT molecular complexity index is 499. The van der Waals surface area contributed by atoms with Crippen molar-refractivity contribution in [2.45, 2.75) is 6.42 Å². The van der Waals surface area contributed by atoms with Crippen LogP contribution in [0.3, 0.4) is 0 Å². The minimum absolute atomic E-state index is 0.0855. The highest BCUT2D eigenvalue weighted by Gasteiger charge is 2.18. The maximum atomic E-state index is 10.7. The second-order valence-corrected chi connectivity index (χ2v) is 3.31. The summed E-state index contributed by atoms with van der Waals surface area (Å²) in [4.78, 5) is 31.1. The number of rotatable bonds is 6. The number of ether oxygens (including phenoxy) is 1. The summed E-state index contributed by atoms with van der Waals surface area (Å²) in [7, 11) is 0. The predicted molar refractivity (Wildman–Crippen MR) is 59.4 cm³/mol. The van der Waals surface area contributed by atoms with Crippen molar-refractivity contribution >= 4 is 17.6 Å². The number of hydrogen-bond donors (Lipinski definition) is 2. The van der Waals surface area contributed by atoms with Crippen molar-refractivity contribution in [1.82, 2.24) is 0 Å². The highest BCUT2D eigenvalue weighted by atomic mass is 16.6. The van der Waals surface area contributed by atoms with Gasteiger partial charge in [0.2, 0.25) is 5.91 Å². The quantitative estimate of drug-likeness (QED) is 0.562. The van der Waals surface area contributed by atoms with Gasteiger partial charge < -0.3 is 15.6 Å². The third-order valence-corrected chi connectivity index (χ3v) is 2.01. The van der Waals surface area contributed by atoms with Crippen LogP contribution in [0, 0.1) is 10.1 Å². The van der Waals surface area contributed by atoms with Gasteiger partial charge in [0.05, 0.1) is 23.5 Å². The van der Waals surface area contributed by atoms with Gasteiger partial charge in [-0.3, -0.25) is 14.9 Å². The number of carboxylic acid groups (broad SMARTS) is 1. The maximum Gasteiger partial charge on any atom is 0.335 e. The molecule has 0 saturated heterocycles. The van der Waals surface area contributed by atoms with Crippen molar-refractivity contribution in [3.63, 3.8) is 0 Å². The number of nitrogens with zero attached hydrogens (tertiary/aromatic N) is 1. The molecule has 0 aromatic heterocycles. The first-order valence-corrected chi connectivity index (χ1v) is 4.84. The SMILES string of the molecule is NC(=O)CCOc1ccc(C(=O)O)cc1[N+](=O)[O-]. The number of aromatic carboxylic acids is 1. The van der Waals surface area contributed by atoms with E-state index < -0.39 is 22.5 Å². The van der Waals surface area contributed by atoms with Crippen molar-refractivity contribution in [1.29, 1.82) is 0 Å². The number of amides is 1. The van der Waals surface area contributed by atoms with E-state index >= 15 is 0 Å². The van der Waals surface area contributed by atoms with Gasteiger partial charge in [-0.1, -0.05) is 0 Å². The fourth-order valence-electron chi connectivity index (χ4n) is 1.18. The molecule has 0 spiro atoms. The molecule has 8 nitrogen and oxygen atoms in total. The van der Waals surface area contributed by atoms with E-state index in [0.717, 1.165) is 6.07 Å². The minimum Gasteiger partial charge on any atom is -0.486 e. The molecule has 1 aromatic rings. The lowest BCUT2D eigenvalue weighted by Gasteiger charge is -2.06. The molecule has 0 aliphatic rings. The fraction of sp³-hybridized carbons (Fsp3) is 0.200. The van der Waals surface area contributed by atoms with Crippen LogP contribution in [0.1, 0.15) is 16.8 Å². The molecule has 18 heavy (non-hydrogen) atoms. The van der Waals surface area contributed by atoms with Crippen LogP contribution in [-0.2, 0) is 4.79 Å². The van der Waals surface area contributed by atoms with Crippen molar-refractivity contribution in [3.8, 4) is 5.75 Å². The number of benzene rings is 1. The molecule has 0 aliphatic carbocycles. The van der Waals surface area contributed by atoms with Crippen molar-refractivity contribution in [2.24, 2.45) is 5.73 Å². The molecule has 0 fully saturated rings. The molecule has 0 aliphatic heterocycles. The highest BCUT2D eigenvalue weighted by Crippen LogP contribution is 2.28. The summed E-state index contributed by atoms with van der Waals surface area (Å²) in [5.41, 5.74) is 4.20. The molecular weight excluding hydrogens is 244 g/mol. The molecule has 0 bridgehead atoms. The number of carbonyl (C=O) groups excluding carboxylic acids is 1. The van der Waals surface area contributed by atoms with Gasteiger partial charge >= 0.3 is 11.7 Å². The lowest BCUT2D eigenvalue weighted by atomic mass is 10.2. The molecule has 0 saturated carbocycles. The molecular formula is C10H10N2O6. The van der Waals surface area contributed by atoms with Crippen LogP contribution in [0.5, 0.6) is 5.75 Å². The van der Waals surface area contributed by atoms with Crippen molar-refractivity contribution in [2.75, 3.05) is 6.61 Å². The monoisotopic (exact) mass is 254 g/mol. The van der Waals surface area contributed by atoms with E-state index in [1.807, 2.05) is 0 Å². The Morgan fingerprint density at radius 3 is 2.61 bits per heavy atom. The zero-order valence-corrected chi connectivity index (χ0v) is 9.16. The number of nitro groups is 1. The fourth-order valence-corrected chi connectivity index (χ4v) is 1.18. The van der Waals surface area contributed by atoms with E-state index in [4.69, 9.17) is 15.6 Å². The Balaban J connectivity index is 2.93. The predicted octanol–water partition coefficient (Wildman–Crippen LogP) is 0.547. The van der Waals surface area contributed by atoms with E-state index in [-0.39, 0.29) is 24.3 Å². The molecule has 96 valence electrons. The Hall–Kier alpha value is -2.64.